The standard InChI is InChI=1S/C12H20N2O2S/c1-4-11(13)9-10-7-5-6-8-12(10)17(15,16)14(2)3/h5-8,11H,4,9,13H2,1-3H3. The van der Waals surface area contributed by atoms with Crippen molar-refractivity contribution in [3.05, 3.63) is 29.8 Å². The van der Waals surface area contributed by atoms with Gasteiger partial charge in [0.05, 0.1) is 4.90 Å². The minimum absolute atomic E-state index is 0.00601. The zero-order valence-electron chi connectivity index (χ0n) is 10.6. The Morgan fingerprint density at radius 3 is 2.41 bits per heavy atom. The summed E-state index contributed by atoms with van der Waals surface area (Å²) in [5.41, 5.74) is 6.67. The van der Waals surface area contributed by atoms with E-state index in [0.29, 0.717) is 11.3 Å². The molecule has 1 unspecified atom stereocenters. The van der Waals surface area contributed by atoms with Gasteiger partial charge in [-0.05, 0) is 24.5 Å². The number of benzene rings is 1. The van der Waals surface area contributed by atoms with Crippen LogP contribution in [-0.4, -0.2) is 32.9 Å². The van der Waals surface area contributed by atoms with E-state index in [9.17, 15) is 8.42 Å². The summed E-state index contributed by atoms with van der Waals surface area (Å²) in [6.45, 7) is 1.99. The van der Waals surface area contributed by atoms with Crippen molar-refractivity contribution < 1.29 is 8.42 Å². The van der Waals surface area contributed by atoms with E-state index in [1.807, 2.05) is 19.1 Å². The molecule has 5 heteroatoms. The van der Waals surface area contributed by atoms with Gasteiger partial charge >= 0.3 is 0 Å². The van der Waals surface area contributed by atoms with Gasteiger partial charge in [-0.2, -0.15) is 0 Å². The van der Waals surface area contributed by atoms with E-state index in [1.165, 1.54) is 18.4 Å². The normalized spacial score (nSPS) is 13.9. The Balaban J connectivity index is 3.17. The maximum atomic E-state index is 12.1. The number of sulfonamides is 1. The van der Waals surface area contributed by atoms with Crippen molar-refractivity contribution in [1.82, 2.24) is 4.31 Å². The fourth-order valence-electron chi connectivity index (χ4n) is 1.55. The van der Waals surface area contributed by atoms with Gasteiger partial charge in [-0.25, -0.2) is 12.7 Å². The van der Waals surface area contributed by atoms with Crippen LogP contribution in [0.3, 0.4) is 0 Å². The number of hydrogen-bond acceptors (Lipinski definition) is 3. The topological polar surface area (TPSA) is 63.4 Å². The highest BCUT2D eigenvalue weighted by Crippen LogP contribution is 2.19. The monoisotopic (exact) mass is 256 g/mol. The van der Waals surface area contributed by atoms with Crippen LogP contribution >= 0.6 is 0 Å². The van der Waals surface area contributed by atoms with Crippen molar-refractivity contribution in [2.45, 2.75) is 30.7 Å². The lowest BCUT2D eigenvalue weighted by Gasteiger charge is -2.16. The van der Waals surface area contributed by atoms with Crippen molar-refractivity contribution in [2.24, 2.45) is 5.73 Å². The second-order valence-electron chi connectivity index (χ2n) is 4.27. The summed E-state index contributed by atoms with van der Waals surface area (Å²) in [6, 6.07) is 7.02. The highest BCUT2D eigenvalue weighted by atomic mass is 32.2. The molecule has 1 rings (SSSR count). The van der Waals surface area contributed by atoms with E-state index in [1.54, 1.807) is 12.1 Å². The van der Waals surface area contributed by atoms with Crippen molar-refractivity contribution >= 4 is 10.0 Å². The maximum absolute atomic E-state index is 12.1. The minimum Gasteiger partial charge on any atom is -0.327 e. The summed E-state index contributed by atoms with van der Waals surface area (Å²) >= 11 is 0. The third-order valence-electron chi connectivity index (χ3n) is 2.74. The molecular formula is C12H20N2O2S. The summed E-state index contributed by atoms with van der Waals surface area (Å²) < 4.78 is 25.4. The van der Waals surface area contributed by atoms with Crippen LogP contribution in [-0.2, 0) is 16.4 Å². The summed E-state index contributed by atoms with van der Waals surface area (Å²) in [7, 11) is -0.316. The Bertz CT molecular complexity index is 469. The molecule has 0 aliphatic carbocycles. The van der Waals surface area contributed by atoms with Crippen LogP contribution in [0, 0.1) is 0 Å². The van der Waals surface area contributed by atoms with Crippen LogP contribution in [0.1, 0.15) is 18.9 Å². The molecule has 1 atom stereocenters. The van der Waals surface area contributed by atoms with E-state index >= 15 is 0 Å². The number of rotatable bonds is 5. The molecule has 0 saturated carbocycles. The maximum Gasteiger partial charge on any atom is 0.242 e. The van der Waals surface area contributed by atoms with Gasteiger partial charge in [0.25, 0.3) is 0 Å². The molecule has 0 radical (unpaired) electrons. The quantitative estimate of drug-likeness (QED) is 0.861. The Morgan fingerprint density at radius 1 is 1.29 bits per heavy atom. The molecule has 0 bridgehead atoms. The summed E-state index contributed by atoms with van der Waals surface area (Å²) in [4.78, 5) is 0.355. The Hall–Kier alpha value is -0.910. The minimum atomic E-state index is -3.38. The van der Waals surface area contributed by atoms with Crippen molar-refractivity contribution in [3.8, 4) is 0 Å². The number of nitrogens with two attached hydrogens (primary N) is 1. The molecule has 0 fully saturated rings. The molecule has 0 aromatic heterocycles. The molecule has 0 amide bonds. The first-order chi connectivity index (χ1) is 7.89. The van der Waals surface area contributed by atoms with Gasteiger partial charge < -0.3 is 5.73 Å². The molecule has 0 saturated heterocycles. The average Bonchev–Trinajstić information content (AvgIpc) is 2.29. The highest BCUT2D eigenvalue weighted by Gasteiger charge is 2.21. The Morgan fingerprint density at radius 2 is 1.88 bits per heavy atom. The highest BCUT2D eigenvalue weighted by molar-refractivity contribution is 7.89. The van der Waals surface area contributed by atoms with Crippen LogP contribution in [0.4, 0.5) is 0 Å². The molecule has 2 N–H and O–H groups in total. The largest absolute Gasteiger partial charge is 0.327 e. The van der Waals surface area contributed by atoms with Crippen LogP contribution in [0.15, 0.2) is 29.2 Å². The SMILES string of the molecule is CCC(N)Cc1ccccc1S(=O)(=O)N(C)C. The molecule has 4 nitrogen and oxygen atoms in total. The van der Waals surface area contributed by atoms with E-state index in [-0.39, 0.29) is 6.04 Å². The van der Waals surface area contributed by atoms with Gasteiger partial charge in [0, 0.05) is 20.1 Å². The molecule has 1 aromatic carbocycles. The van der Waals surface area contributed by atoms with Crippen LogP contribution in [0.25, 0.3) is 0 Å². The molecule has 0 heterocycles. The number of hydrogen-bond donors (Lipinski definition) is 1. The van der Waals surface area contributed by atoms with Gasteiger partial charge in [-0.15, -0.1) is 0 Å². The molecule has 96 valence electrons. The third kappa shape index (κ3) is 3.28. The van der Waals surface area contributed by atoms with Crippen molar-refractivity contribution in [1.29, 1.82) is 0 Å². The summed E-state index contributed by atoms with van der Waals surface area (Å²) in [5, 5.41) is 0. The fourth-order valence-corrected chi connectivity index (χ4v) is 2.67. The lowest BCUT2D eigenvalue weighted by Crippen LogP contribution is -2.26. The third-order valence-corrected chi connectivity index (χ3v) is 4.65. The molecule has 0 spiro atoms. The van der Waals surface area contributed by atoms with Gasteiger partial charge in [-0.1, -0.05) is 25.1 Å². The van der Waals surface area contributed by atoms with Crippen LogP contribution in [0.5, 0.6) is 0 Å². The summed E-state index contributed by atoms with van der Waals surface area (Å²) in [5.74, 6) is 0. The van der Waals surface area contributed by atoms with Gasteiger partial charge in [0.2, 0.25) is 10.0 Å². The second-order valence-corrected chi connectivity index (χ2v) is 6.39. The zero-order valence-corrected chi connectivity index (χ0v) is 11.4. The van der Waals surface area contributed by atoms with Crippen molar-refractivity contribution in [2.75, 3.05) is 14.1 Å². The first kappa shape index (κ1) is 14.2. The van der Waals surface area contributed by atoms with Gasteiger partial charge in [0.15, 0.2) is 0 Å². The van der Waals surface area contributed by atoms with E-state index in [0.717, 1.165) is 12.0 Å². The smallest absolute Gasteiger partial charge is 0.242 e. The first-order valence-corrected chi connectivity index (χ1v) is 7.09. The van der Waals surface area contributed by atoms with Crippen LogP contribution in [0.2, 0.25) is 0 Å². The Kier molecular flexibility index (Phi) is 4.68. The van der Waals surface area contributed by atoms with Crippen LogP contribution < -0.4 is 5.73 Å². The molecule has 17 heavy (non-hydrogen) atoms. The molecule has 0 aliphatic rings. The van der Waals surface area contributed by atoms with E-state index < -0.39 is 10.0 Å². The van der Waals surface area contributed by atoms with E-state index in [4.69, 9.17) is 5.73 Å². The lowest BCUT2D eigenvalue weighted by atomic mass is 10.1. The Labute approximate surface area is 103 Å². The number of nitrogens with zero attached hydrogens (tertiary/aromatic N) is 1. The van der Waals surface area contributed by atoms with Gasteiger partial charge in [-0.3, -0.25) is 0 Å². The predicted molar refractivity (Wildman–Crippen MR) is 69.3 cm³/mol. The molecule has 0 aliphatic heterocycles. The predicted octanol–water partition coefficient (Wildman–Crippen LogP) is 1.22. The lowest BCUT2D eigenvalue weighted by molar-refractivity contribution is 0.518. The average molecular weight is 256 g/mol. The molecular weight excluding hydrogens is 236 g/mol. The van der Waals surface area contributed by atoms with Crippen molar-refractivity contribution in [3.63, 3.8) is 0 Å². The van der Waals surface area contributed by atoms with E-state index in [2.05, 4.69) is 0 Å². The van der Waals surface area contributed by atoms with Gasteiger partial charge in [0.1, 0.15) is 0 Å². The fraction of sp³-hybridized carbons (Fsp3) is 0.500. The second kappa shape index (κ2) is 5.62. The molecule has 1 aromatic rings. The first-order valence-electron chi connectivity index (χ1n) is 5.65. The summed E-state index contributed by atoms with van der Waals surface area (Å²) in [6.07, 6.45) is 1.41. The zero-order chi connectivity index (χ0) is 13.1.